The van der Waals surface area contributed by atoms with Crippen LogP contribution in [0.2, 0.25) is 10.0 Å². The van der Waals surface area contributed by atoms with Gasteiger partial charge >= 0.3 is 5.97 Å². The normalized spacial score (nSPS) is 10.4. The van der Waals surface area contributed by atoms with E-state index in [4.69, 9.17) is 27.9 Å². The molecule has 0 aliphatic heterocycles. The second-order valence-electron chi connectivity index (χ2n) is 3.63. The van der Waals surface area contributed by atoms with Gasteiger partial charge in [-0.05, 0) is 19.1 Å². The first kappa shape index (κ1) is 15.6. The molecule has 8 heteroatoms. The molecule has 0 saturated heterocycles. The molecule has 0 saturated carbocycles. The molecule has 1 aromatic carbocycles. The van der Waals surface area contributed by atoms with Crippen molar-refractivity contribution < 1.29 is 9.53 Å². The van der Waals surface area contributed by atoms with Crippen LogP contribution in [0.25, 0.3) is 0 Å². The predicted molar refractivity (Wildman–Crippen MR) is 85.5 cm³/mol. The van der Waals surface area contributed by atoms with E-state index in [0.717, 1.165) is 4.47 Å². The Bertz CT molecular complexity index is 625. The number of hydrogen-bond acceptors (Lipinski definition) is 5. The van der Waals surface area contributed by atoms with E-state index >= 15 is 0 Å². The summed E-state index contributed by atoms with van der Waals surface area (Å²) in [5, 5.41) is 6.04. The van der Waals surface area contributed by atoms with Crippen molar-refractivity contribution in [2.75, 3.05) is 11.9 Å². The fourth-order valence-corrected chi connectivity index (χ4v) is 3.39. The highest BCUT2D eigenvalue weighted by atomic mass is 79.9. The Hall–Kier alpha value is -0.820. The second kappa shape index (κ2) is 6.76. The van der Waals surface area contributed by atoms with Gasteiger partial charge in [0.15, 0.2) is 10.8 Å². The van der Waals surface area contributed by atoms with Gasteiger partial charge in [-0.1, -0.05) is 39.1 Å². The summed E-state index contributed by atoms with van der Waals surface area (Å²) in [4.78, 5) is 15.7. The van der Waals surface area contributed by atoms with Crippen LogP contribution in [0.4, 0.5) is 10.8 Å². The molecule has 0 bridgehead atoms. The molecule has 20 heavy (non-hydrogen) atoms. The molecule has 4 nitrogen and oxygen atoms in total. The zero-order valence-corrected chi connectivity index (χ0v) is 14.2. The number of nitrogens with zero attached hydrogens (tertiary/aromatic N) is 1. The van der Waals surface area contributed by atoms with Crippen molar-refractivity contribution in [1.82, 2.24) is 4.98 Å². The number of carbonyl (C=O) groups is 1. The zero-order chi connectivity index (χ0) is 14.7. The lowest BCUT2D eigenvalue weighted by atomic mass is 10.3. The number of nitrogens with one attached hydrogen (secondary N) is 1. The van der Waals surface area contributed by atoms with E-state index in [1.807, 2.05) is 0 Å². The molecular formula is C12H9BrCl2N2O2S. The summed E-state index contributed by atoms with van der Waals surface area (Å²) in [6.45, 7) is 2.05. The first-order valence-electron chi connectivity index (χ1n) is 5.55. The quantitative estimate of drug-likeness (QED) is 0.728. The average molecular weight is 396 g/mol. The van der Waals surface area contributed by atoms with Gasteiger partial charge in [0.05, 0.1) is 22.3 Å². The highest BCUT2D eigenvalue weighted by Gasteiger charge is 2.14. The number of carbonyl (C=O) groups excluding carboxylic acids is 1. The van der Waals surface area contributed by atoms with Crippen LogP contribution in [-0.4, -0.2) is 17.6 Å². The number of rotatable bonds is 4. The standard InChI is InChI=1S/C12H9BrCl2N2O2S/c1-2-19-11(18)9-5-20-12(16-9)17-10-7(14)3-6(13)4-8(10)15/h3-5H,2H2,1H3,(H,16,17). The van der Waals surface area contributed by atoms with Gasteiger partial charge in [0.25, 0.3) is 0 Å². The van der Waals surface area contributed by atoms with Crippen LogP contribution in [0, 0.1) is 0 Å². The van der Waals surface area contributed by atoms with Crippen molar-refractivity contribution in [3.63, 3.8) is 0 Å². The van der Waals surface area contributed by atoms with Gasteiger partial charge in [0.2, 0.25) is 0 Å². The van der Waals surface area contributed by atoms with Crippen molar-refractivity contribution in [3.8, 4) is 0 Å². The molecule has 0 aliphatic rings. The Balaban J connectivity index is 2.21. The second-order valence-corrected chi connectivity index (χ2v) is 6.22. The number of esters is 1. The van der Waals surface area contributed by atoms with Gasteiger partial charge in [-0.3, -0.25) is 0 Å². The van der Waals surface area contributed by atoms with Crippen LogP contribution in [0.5, 0.6) is 0 Å². The molecule has 2 aromatic rings. The Morgan fingerprint density at radius 2 is 2.10 bits per heavy atom. The van der Waals surface area contributed by atoms with Crippen LogP contribution in [-0.2, 0) is 4.74 Å². The molecule has 1 N–H and O–H groups in total. The summed E-state index contributed by atoms with van der Waals surface area (Å²) in [5.41, 5.74) is 0.796. The molecule has 1 heterocycles. The third-order valence-corrected chi connectivity index (χ3v) is 4.04. The third-order valence-electron chi connectivity index (χ3n) is 2.23. The summed E-state index contributed by atoms with van der Waals surface area (Å²) < 4.78 is 5.66. The first-order valence-corrected chi connectivity index (χ1v) is 7.98. The largest absolute Gasteiger partial charge is 0.461 e. The number of anilines is 2. The van der Waals surface area contributed by atoms with E-state index in [1.165, 1.54) is 11.3 Å². The van der Waals surface area contributed by atoms with Crippen molar-refractivity contribution in [1.29, 1.82) is 0 Å². The number of benzene rings is 1. The van der Waals surface area contributed by atoms with Crippen LogP contribution in [0.15, 0.2) is 22.0 Å². The fraction of sp³-hybridized carbons (Fsp3) is 0.167. The summed E-state index contributed by atoms with van der Waals surface area (Å²) in [6, 6.07) is 3.44. The number of aromatic nitrogens is 1. The monoisotopic (exact) mass is 394 g/mol. The minimum atomic E-state index is -0.454. The lowest BCUT2D eigenvalue weighted by molar-refractivity contribution is 0.0520. The molecular weight excluding hydrogens is 387 g/mol. The summed E-state index contributed by atoms with van der Waals surface area (Å²) >= 11 is 16.8. The molecule has 2 rings (SSSR count). The maximum absolute atomic E-state index is 11.5. The number of ether oxygens (including phenoxy) is 1. The minimum Gasteiger partial charge on any atom is -0.461 e. The van der Waals surface area contributed by atoms with Gasteiger partial charge in [-0.15, -0.1) is 11.3 Å². The Kier molecular flexibility index (Phi) is 5.26. The van der Waals surface area contributed by atoms with Crippen LogP contribution < -0.4 is 5.32 Å². The third kappa shape index (κ3) is 3.63. The average Bonchev–Trinajstić information content (AvgIpc) is 2.82. The Morgan fingerprint density at radius 1 is 1.45 bits per heavy atom. The molecule has 0 atom stereocenters. The molecule has 0 fully saturated rings. The van der Waals surface area contributed by atoms with Crippen LogP contribution in [0.1, 0.15) is 17.4 Å². The molecule has 0 radical (unpaired) electrons. The van der Waals surface area contributed by atoms with Crippen molar-refractivity contribution in [2.24, 2.45) is 0 Å². The van der Waals surface area contributed by atoms with E-state index in [1.54, 1.807) is 24.4 Å². The molecule has 0 aliphatic carbocycles. The maximum Gasteiger partial charge on any atom is 0.357 e. The lowest BCUT2D eigenvalue weighted by Crippen LogP contribution is -2.05. The highest BCUT2D eigenvalue weighted by Crippen LogP contribution is 2.36. The fourth-order valence-electron chi connectivity index (χ4n) is 1.40. The summed E-state index contributed by atoms with van der Waals surface area (Å²) in [5.74, 6) is -0.454. The number of hydrogen-bond donors (Lipinski definition) is 1. The van der Waals surface area contributed by atoms with Gasteiger partial charge in [-0.2, -0.15) is 0 Å². The Labute approximate surface area is 138 Å². The van der Waals surface area contributed by atoms with Crippen LogP contribution in [0.3, 0.4) is 0 Å². The molecule has 0 spiro atoms. The van der Waals surface area contributed by atoms with Gasteiger partial charge in [-0.25, -0.2) is 9.78 Å². The zero-order valence-electron chi connectivity index (χ0n) is 10.2. The van der Waals surface area contributed by atoms with E-state index in [0.29, 0.717) is 27.5 Å². The smallest absolute Gasteiger partial charge is 0.357 e. The highest BCUT2D eigenvalue weighted by molar-refractivity contribution is 9.10. The van der Waals surface area contributed by atoms with Crippen molar-refractivity contribution >= 4 is 67.3 Å². The van der Waals surface area contributed by atoms with Crippen molar-refractivity contribution in [2.45, 2.75) is 6.92 Å². The number of thiazole rings is 1. The van der Waals surface area contributed by atoms with Crippen molar-refractivity contribution in [3.05, 3.63) is 37.7 Å². The lowest BCUT2D eigenvalue weighted by Gasteiger charge is -2.08. The summed E-state index contributed by atoms with van der Waals surface area (Å²) in [6.07, 6.45) is 0. The van der Waals surface area contributed by atoms with E-state index in [2.05, 4.69) is 26.2 Å². The molecule has 106 valence electrons. The van der Waals surface area contributed by atoms with Gasteiger partial charge < -0.3 is 10.1 Å². The SMILES string of the molecule is CCOC(=O)c1csc(Nc2c(Cl)cc(Br)cc2Cl)n1. The predicted octanol–water partition coefficient (Wildman–Crippen LogP) is 5.13. The van der Waals surface area contributed by atoms with E-state index in [-0.39, 0.29) is 5.69 Å². The molecule has 1 aromatic heterocycles. The van der Waals surface area contributed by atoms with Crippen LogP contribution >= 0.6 is 50.5 Å². The first-order chi connectivity index (χ1) is 9.51. The topological polar surface area (TPSA) is 51.2 Å². The minimum absolute atomic E-state index is 0.253. The Morgan fingerprint density at radius 3 is 2.70 bits per heavy atom. The molecule has 0 amide bonds. The van der Waals surface area contributed by atoms with E-state index in [9.17, 15) is 4.79 Å². The molecule has 0 unspecified atom stereocenters. The summed E-state index contributed by atoms with van der Waals surface area (Å²) in [7, 11) is 0. The van der Waals surface area contributed by atoms with Gasteiger partial charge in [0, 0.05) is 9.85 Å². The maximum atomic E-state index is 11.5. The number of halogens is 3. The van der Waals surface area contributed by atoms with E-state index < -0.39 is 5.97 Å². The van der Waals surface area contributed by atoms with Gasteiger partial charge in [0.1, 0.15) is 0 Å².